The molecule has 0 amide bonds. The number of carbonyl (C=O) groups is 1. The molecular weight excluding hydrogens is 349 g/mol. The summed E-state index contributed by atoms with van der Waals surface area (Å²) in [6.45, 7) is 0. The lowest BCUT2D eigenvalue weighted by atomic mass is 10.1. The SMILES string of the molecule is COC(=O)c1ccc(-c2noc(Cc3cccc(C(F)(F)F)c3)n2)cc1. The van der Waals surface area contributed by atoms with E-state index in [1.165, 1.54) is 13.2 Å². The lowest BCUT2D eigenvalue weighted by Crippen LogP contribution is -2.05. The van der Waals surface area contributed by atoms with Crippen molar-refractivity contribution in [2.24, 2.45) is 0 Å². The number of rotatable bonds is 4. The molecule has 0 aliphatic heterocycles. The van der Waals surface area contributed by atoms with Crippen molar-refractivity contribution >= 4 is 5.97 Å². The van der Waals surface area contributed by atoms with Gasteiger partial charge in [-0.1, -0.05) is 35.5 Å². The van der Waals surface area contributed by atoms with Gasteiger partial charge in [0.2, 0.25) is 11.7 Å². The van der Waals surface area contributed by atoms with Crippen LogP contribution in [0.5, 0.6) is 0 Å². The van der Waals surface area contributed by atoms with Crippen LogP contribution in [0, 0.1) is 0 Å². The number of alkyl halides is 3. The van der Waals surface area contributed by atoms with Crippen LogP contribution >= 0.6 is 0 Å². The summed E-state index contributed by atoms with van der Waals surface area (Å²) in [6.07, 6.45) is -4.32. The van der Waals surface area contributed by atoms with Crippen molar-refractivity contribution < 1.29 is 27.2 Å². The molecule has 3 aromatic rings. The highest BCUT2D eigenvalue weighted by Gasteiger charge is 2.30. The number of hydrogen-bond acceptors (Lipinski definition) is 5. The molecule has 0 unspecified atom stereocenters. The third-order valence-electron chi connectivity index (χ3n) is 3.64. The molecule has 1 aromatic heterocycles. The molecule has 8 heteroatoms. The Balaban J connectivity index is 1.77. The van der Waals surface area contributed by atoms with Crippen molar-refractivity contribution in [3.05, 3.63) is 71.1 Å². The number of hydrogen-bond donors (Lipinski definition) is 0. The zero-order chi connectivity index (χ0) is 18.7. The van der Waals surface area contributed by atoms with E-state index >= 15 is 0 Å². The second-order valence-electron chi connectivity index (χ2n) is 5.46. The van der Waals surface area contributed by atoms with Crippen LogP contribution < -0.4 is 0 Å². The van der Waals surface area contributed by atoms with Crippen molar-refractivity contribution in [3.8, 4) is 11.4 Å². The number of methoxy groups -OCH3 is 1. The summed E-state index contributed by atoms with van der Waals surface area (Å²) in [7, 11) is 1.29. The molecule has 26 heavy (non-hydrogen) atoms. The summed E-state index contributed by atoms with van der Waals surface area (Å²) in [5.41, 5.74) is 0.671. The van der Waals surface area contributed by atoms with Gasteiger partial charge in [-0.3, -0.25) is 0 Å². The molecule has 0 fully saturated rings. The summed E-state index contributed by atoms with van der Waals surface area (Å²) >= 11 is 0. The van der Waals surface area contributed by atoms with Gasteiger partial charge >= 0.3 is 12.1 Å². The van der Waals surface area contributed by atoms with Crippen LogP contribution in [0.15, 0.2) is 53.1 Å². The molecular formula is C18H13F3N2O3. The van der Waals surface area contributed by atoms with Crippen molar-refractivity contribution in [1.82, 2.24) is 10.1 Å². The van der Waals surface area contributed by atoms with Gasteiger partial charge in [-0.15, -0.1) is 0 Å². The van der Waals surface area contributed by atoms with E-state index in [1.54, 1.807) is 30.3 Å². The Labute approximate surface area is 146 Å². The van der Waals surface area contributed by atoms with Gasteiger partial charge in [0.25, 0.3) is 0 Å². The van der Waals surface area contributed by atoms with E-state index in [9.17, 15) is 18.0 Å². The average Bonchev–Trinajstić information content (AvgIpc) is 3.09. The first kappa shape index (κ1) is 17.7. The Bertz CT molecular complexity index is 918. The van der Waals surface area contributed by atoms with Gasteiger partial charge in [-0.05, 0) is 23.8 Å². The van der Waals surface area contributed by atoms with Gasteiger partial charge in [-0.25, -0.2) is 4.79 Å². The Morgan fingerprint density at radius 2 is 1.88 bits per heavy atom. The standard InChI is InChI=1S/C18H13F3N2O3/c1-25-17(24)13-7-5-12(6-8-13)16-22-15(26-23-16)10-11-3-2-4-14(9-11)18(19,20)21/h2-9H,10H2,1H3. The van der Waals surface area contributed by atoms with Gasteiger partial charge in [0.1, 0.15) is 0 Å². The first-order valence-electron chi connectivity index (χ1n) is 7.54. The van der Waals surface area contributed by atoms with E-state index in [1.807, 2.05) is 0 Å². The first-order chi connectivity index (χ1) is 12.4. The number of benzene rings is 2. The normalized spacial score (nSPS) is 11.4. The predicted octanol–water partition coefficient (Wildman–Crippen LogP) is 4.13. The number of aromatic nitrogens is 2. The van der Waals surface area contributed by atoms with Crippen LogP contribution in [0.3, 0.4) is 0 Å². The van der Waals surface area contributed by atoms with E-state index in [-0.39, 0.29) is 18.1 Å². The number of halogens is 3. The van der Waals surface area contributed by atoms with Gasteiger partial charge in [-0.2, -0.15) is 18.2 Å². The maximum atomic E-state index is 12.8. The number of carbonyl (C=O) groups excluding carboxylic acids is 1. The van der Waals surface area contributed by atoms with Crippen molar-refractivity contribution in [2.75, 3.05) is 7.11 Å². The zero-order valence-corrected chi connectivity index (χ0v) is 13.6. The molecule has 0 saturated carbocycles. The van der Waals surface area contributed by atoms with Crippen molar-refractivity contribution in [1.29, 1.82) is 0 Å². The summed E-state index contributed by atoms with van der Waals surface area (Å²) in [6, 6.07) is 11.3. The van der Waals surface area contributed by atoms with Crippen LogP contribution in [-0.2, 0) is 17.3 Å². The second kappa shape index (κ2) is 6.99. The molecule has 0 aliphatic carbocycles. The smallest absolute Gasteiger partial charge is 0.416 e. The molecule has 0 N–H and O–H groups in total. The largest absolute Gasteiger partial charge is 0.465 e. The first-order valence-corrected chi connectivity index (χ1v) is 7.54. The third-order valence-corrected chi connectivity index (χ3v) is 3.64. The molecule has 0 aliphatic rings. The minimum atomic E-state index is -4.41. The maximum Gasteiger partial charge on any atom is 0.416 e. The fraction of sp³-hybridized carbons (Fsp3) is 0.167. The minimum absolute atomic E-state index is 0.0805. The molecule has 0 saturated heterocycles. The quantitative estimate of drug-likeness (QED) is 0.653. The molecule has 3 rings (SSSR count). The minimum Gasteiger partial charge on any atom is -0.465 e. The summed E-state index contributed by atoms with van der Waals surface area (Å²) in [5, 5.41) is 3.82. The van der Waals surface area contributed by atoms with Crippen LogP contribution in [0.2, 0.25) is 0 Å². The Morgan fingerprint density at radius 3 is 2.54 bits per heavy atom. The molecule has 0 spiro atoms. The van der Waals surface area contributed by atoms with E-state index in [4.69, 9.17) is 4.52 Å². The fourth-order valence-corrected chi connectivity index (χ4v) is 2.35. The maximum absolute atomic E-state index is 12.8. The molecule has 0 radical (unpaired) electrons. The van der Waals surface area contributed by atoms with E-state index in [0.717, 1.165) is 12.1 Å². The van der Waals surface area contributed by atoms with Crippen molar-refractivity contribution in [3.63, 3.8) is 0 Å². The van der Waals surface area contributed by atoms with Crippen molar-refractivity contribution in [2.45, 2.75) is 12.6 Å². The van der Waals surface area contributed by atoms with E-state index < -0.39 is 17.7 Å². The van der Waals surface area contributed by atoms with E-state index in [2.05, 4.69) is 14.9 Å². The third kappa shape index (κ3) is 3.90. The van der Waals surface area contributed by atoms with Crippen LogP contribution in [0.4, 0.5) is 13.2 Å². The molecule has 1 heterocycles. The Hall–Kier alpha value is -3.16. The monoisotopic (exact) mass is 362 g/mol. The summed E-state index contributed by atoms with van der Waals surface area (Å²) in [4.78, 5) is 15.6. The lowest BCUT2D eigenvalue weighted by Gasteiger charge is -2.07. The molecule has 0 atom stereocenters. The highest BCUT2D eigenvalue weighted by Crippen LogP contribution is 2.30. The zero-order valence-electron chi connectivity index (χ0n) is 13.6. The number of nitrogens with zero attached hydrogens (tertiary/aromatic N) is 2. The van der Waals surface area contributed by atoms with E-state index in [0.29, 0.717) is 16.7 Å². The highest BCUT2D eigenvalue weighted by molar-refractivity contribution is 5.89. The van der Waals surface area contributed by atoms with Gasteiger partial charge in [0.05, 0.1) is 24.7 Å². The molecule has 134 valence electrons. The Kier molecular flexibility index (Phi) is 4.75. The lowest BCUT2D eigenvalue weighted by molar-refractivity contribution is -0.137. The van der Waals surface area contributed by atoms with Crippen LogP contribution in [0.25, 0.3) is 11.4 Å². The topological polar surface area (TPSA) is 65.2 Å². The van der Waals surface area contributed by atoms with Gasteiger partial charge < -0.3 is 9.26 Å². The molecule has 5 nitrogen and oxygen atoms in total. The Morgan fingerprint density at radius 1 is 1.15 bits per heavy atom. The average molecular weight is 362 g/mol. The van der Waals surface area contributed by atoms with Gasteiger partial charge in [0, 0.05) is 5.56 Å². The van der Waals surface area contributed by atoms with Crippen LogP contribution in [0.1, 0.15) is 27.4 Å². The number of ether oxygens (including phenoxy) is 1. The molecule has 0 bridgehead atoms. The second-order valence-corrected chi connectivity index (χ2v) is 5.46. The summed E-state index contributed by atoms with van der Waals surface area (Å²) in [5.74, 6) is 0.00894. The predicted molar refractivity (Wildman–Crippen MR) is 85.3 cm³/mol. The van der Waals surface area contributed by atoms with Crippen LogP contribution in [-0.4, -0.2) is 23.2 Å². The number of esters is 1. The summed E-state index contributed by atoms with van der Waals surface area (Å²) < 4.78 is 48.0. The van der Waals surface area contributed by atoms with Gasteiger partial charge in [0.15, 0.2) is 0 Å². The highest BCUT2D eigenvalue weighted by atomic mass is 19.4. The molecule has 2 aromatic carbocycles. The fourth-order valence-electron chi connectivity index (χ4n) is 2.35.